The molecule has 2 aliphatic carbocycles. The number of benzene rings is 2. The van der Waals surface area contributed by atoms with Crippen molar-refractivity contribution in [2.75, 3.05) is 11.5 Å². The second-order valence-corrected chi connectivity index (χ2v) is 8.41. The number of hydrogen-bond donors (Lipinski definition) is 1. The number of anilines is 1. The zero-order valence-electron chi connectivity index (χ0n) is 18.4. The van der Waals surface area contributed by atoms with Crippen LogP contribution in [-0.4, -0.2) is 35.0 Å². The Morgan fingerprint density at radius 1 is 1.06 bits per heavy atom. The average Bonchev–Trinajstić information content (AvgIpc) is 3.74. The quantitative estimate of drug-likeness (QED) is 0.495. The Balaban J connectivity index is 1.42. The Kier molecular flexibility index (Phi) is 5.04. The van der Waals surface area contributed by atoms with Crippen molar-refractivity contribution in [2.45, 2.75) is 38.1 Å². The van der Waals surface area contributed by atoms with Gasteiger partial charge in [-0.25, -0.2) is 4.79 Å². The summed E-state index contributed by atoms with van der Waals surface area (Å²) in [5.74, 6) is -0.321. The molecule has 0 bridgehead atoms. The third-order valence-corrected chi connectivity index (χ3v) is 6.15. The Morgan fingerprint density at radius 2 is 1.64 bits per heavy atom. The summed E-state index contributed by atoms with van der Waals surface area (Å²) in [6.07, 6.45) is 4.86. The first-order valence-corrected chi connectivity index (χ1v) is 11.0. The lowest BCUT2D eigenvalue weighted by Gasteiger charge is -2.21. The van der Waals surface area contributed by atoms with Crippen molar-refractivity contribution >= 4 is 17.7 Å². The van der Waals surface area contributed by atoms with E-state index in [9.17, 15) is 14.7 Å². The fourth-order valence-corrected chi connectivity index (χ4v) is 4.08. The van der Waals surface area contributed by atoms with Gasteiger partial charge in [0.15, 0.2) is 5.76 Å². The van der Waals surface area contributed by atoms with Gasteiger partial charge in [-0.3, -0.25) is 9.69 Å². The van der Waals surface area contributed by atoms with Crippen LogP contribution < -0.4 is 4.90 Å². The van der Waals surface area contributed by atoms with Gasteiger partial charge in [0, 0.05) is 11.6 Å². The van der Waals surface area contributed by atoms with E-state index in [1.807, 2.05) is 55.5 Å². The summed E-state index contributed by atoms with van der Waals surface area (Å²) in [7, 11) is 0. The van der Waals surface area contributed by atoms with Gasteiger partial charge in [0.1, 0.15) is 16.8 Å². The molecule has 0 radical (unpaired) electrons. The lowest BCUT2D eigenvalue weighted by molar-refractivity contribution is -0.139. The molecule has 1 fully saturated rings. The number of carbonyl (C=O) groups excluding carboxylic acids is 1. The largest absolute Gasteiger partial charge is 0.480 e. The van der Waals surface area contributed by atoms with E-state index in [1.54, 1.807) is 24.0 Å². The standard InChI is InChI=1S/C26H24N2O5/c1-3-32-25(31)28(21-12-13-21)22-16(2)27-33-23(22)19-6-4-17(5-7-19)18-8-10-20(11-9-18)26(14-15-26)24(29)30/h4-11,14-15,21H,3,12-13H2,1-2H3,(H,29,30). The molecule has 0 atom stereocenters. The predicted molar refractivity (Wildman–Crippen MR) is 123 cm³/mol. The van der Waals surface area contributed by atoms with E-state index >= 15 is 0 Å². The molecule has 2 aliphatic rings. The van der Waals surface area contributed by atoms with Gasteiger partial charge in [-0.2, -0.15) is 0 Å². The van der Waals surface area contributed by atoms with E-state index < -0.39 is 11.4 Å². The highest BCUT2D eigenvalue weighted by molar-refractivity contribution is 5.94. The maximum atomic E-state index is 12.6. The van der Waals surface area contributed by atoms with Gasteiger partial charge in [0.2, 0.25) is 0 Å². The van der Waals surface area contributed by atoms with Gasteiger partial charge in [-0.05, 0) is 43.4 Å². The Bertz CT molecular complexity index is 1230. The summed E-state index contributed by atoms with van der Waals surface area (Å²) in [6.45, 7) is 3.92. The highest BCUT2D eigenvalue weighted by Crippen LogP contribution is 2.42. The molecule has 5 rings (SSSR count). The first-order valence-electron chi connectivity index (χ1n) is 11.0. The van der Waals surface area contributed by atoms with E-state index in [0.717, 1.165) is 35.1 Å². The van der Waals surface area contributed by atoms with Crippen LogP contribution in [0.1, 0.15) is 31.0 Å². The summed E-state index contributed by atoms with van der Waals surface area (Å²) in [6, 6.07) is 15.5. The SMILES string of the molecule is CCOC(=O)N(c1c(C)noc1-c1ccc(-c2ccc(C3(C(=O)O)C=C3)cc2)cc1)C1CC1. The fourth-order valence-electron chi connectivity index (χ4n) is 4.08. The van der Waals surface area contributed by atoms with Crippen LogP contribution in [0.3, 0.4) is 0 Å². The molecule has 1 saturated carbocycles. The number of aromatic nitrogens is 1. The van der Waals surface area contributed by atoms with Crippen LogP contribution in [0.15, 0.2) is 65.2 Å². The van der Waals surface area contributed by atoms with Crippen LogP contribution in [0.2, 0.25) is 0 Å². The first-order chi connectivity index (χ1) is 15.9. The smallest absolute Gasteiger partial charge is 0.414 e. The minimum atomic E-state index is -0.949. The molecule has 7 heteroatoms. The number of carbonyl (C=O) groups is 2. The van der Waals surface area contributed by atoms with E-state index in [4.69, 9.17) is 9.26 Å². The molecular weight excluding hydrogens is 420 g/mol. The molecule has 168 valence electrons. The number of nitrogens with zero attached hydrogens (tertiary/aromatic N) is 2. The van der Waals surface area contributed by atoms with Gasteiger partial charge in [0.25, 0.3) is 0 Å². The normalized spacial score (nSPS) is 15.8. The molecular formula is C26H24N2O5. The zero-order chi connectivity index (χ0) is 23.2. The summed E-state index contributed by atoms with van der Waals surface area (Å²) < 4.78 is 10.9. The van der Waals surface area contributed by atoms with Gasteiger partial charge >= 0.3 is 12.1 Å². The number of aryl methyl sites for hydroxylation is 1. The number of aliphatic carboxylic acids is 1. The number of rotatable bonds is 7. The van der Waals surface area contributed by atoms with Crippen LogP contribution in [0.5, 0.6) is 0 Å². The van der Waals surface area contributed by atoms with Crippen molar-refractivity contribution in [3.8, 4) is 22.5 Å². The molecule has 2 aromatic carbocycles. The minimum Gasteiger partial charge on any atom is -0.480 e. The van der Waals surface area contributed by atoms with Crippen molar-refractivity contribution in [3.63, 3.8) is 0 Å². The molecule has 1 heterocycles. The lowest BCUT2D eigenvalue weighted by atomic mass is 9.92. The molecule has 0 aliphatic heterocycles. The summed E-state index contributed by atoms with van der Waals surface area (Å²) in [4.78, 5) is 25.8. The second kappa shape index (κ2) is 7.92. The van der Waals surface area contributed by atoms with Crippen LogP contribution in [0.4, 0.5) is 10.5 Å². The highest BCUT2D eigenvalue weighted by Gasteiger charge is 2.44. The zero-order valence-corrected chi connectivity index (χ0v) is 18.4. The maximum absolute atomic E-state index is 12.6. The van der Waals surface area contributed by atoms with Crippen molar-refractivity contribution < 1.29 is 24.0 Å². The number of amides is 1. The lowest BCUT2D eigenvalue weighted by Crippen LogP contribution is -2.34. The molecule has 7 nitrogen and oxygen atoms in total. The molecule has 33 heavy (non-hydrogen) atoms. The average molecular weight is 444 g/mol. The van der Waals surface area contributed by atoms with Crippen LogP contribution >= 0.6 is 0 Å². The van der Waals surface area contributed by atoms with Crippen LogP contribution in [0.25, 0.3) is 22.5 Å². The predicted octanol–water partition coefficient (Wildman–Crippen LogP) is 5.33. The van der Waals surface area contributed by atoms with Crippen molar-refractivity contribution in [2.24, 2.45) is 0 Å². The Labute approximate surface area is 191 Å². The highest BCUT2D eigenvalue weighted by atomic mass is 16.6. The number of carboxylic acids is 1. The van der Waals surface area contributed by atoms with Crippen molar-refractivity contribution in [1.29, 1.82) is 0 Å². The van der Waals surface area contributed by atoms with Crippen LogP contribution in [-0.2, 0) is 14.9 Å². The van der Waals surface area contributed by atoms with E-state index in [-0.39, 0.29) is 12.1 Å². The summed E-state index contributed by atoms with van der Waals surface area (Å²) >= 11 is 0. The Morgan fingerprint density at radius 3 is 2.15 bits per heavy atom. The van der Waals surface area contributed by atoms with Gasteiger partial charge < -0.3 is 14.4 Å². The summed E-state index contributed by atoms with van der Waals surface area (Å²) in [5.41, 5.74) is 3.88. The number of carboxylic acid groups (broad SMARTS) is 1. The molecule has 0 spiro atoms. The summed E-state index contributed by atoms with van der Waals surface area (Å²) in [5, 5.41) is 13.6. The second-order valence-electron chi connectivity index (χ2n) is 8.41. The monoisotopic (exact) mass is 444 g/mol. The fraction of sp³-hybridized carbons (Fsp3) is 0.269. The third-order valence-electron chi connectivity index (χ3n) is 6.15. The molecule has 1 amide bonds. The van der Waals surface area contributed by atoms with Gasteiger partial charge in [0.05, 0.1) is 6.61 Å². The maximum Gasteiger partial charge on any atom is 0.414 e. The molecule has 3 aromatic rings. The molecule has 0 unspecified atom stereocenters. The number of hydrogen-bond acceptors (Lipinski definition) is 5. The van der Waals surface area contributed by atoms with E-state index in [0.29, 0.717) is 23.7 Å². The topological polar surface area (TPSA) is 92.9 Å². The molecule has 1 N–H and O–H groups in total. The first kappa shape index (κ1) is 21.0. The number of ether oxygens (including phenoxy) is 1. The van der Waals surface area contributed by atoms with Gasteiger partial charge in [-0.15, -0.1) is 0 Å². The van der Waals surface area contributed by atoms with Gasteiger partial charge in [-0.1, -0.05) is 65.8 Å². The molecule has 0 saturated heterocycles. The van der Waals surface area contributed by atoms with E-state index in [2.05, 4.69) is 5.16 Å². The van der Waals surface area contributed by atoms with E-state index in [1.165, 1.54) is 0 Å². The third kappa shape index (κ3) is 3.69. The van der Waals surface area contributed by atoms with Crippen LogP contribution in [0, 0.1) is 6.92 Å². The minimum absolute atomic E-state index is 0.105. The Hall–Kier alpha value is -3.87. The van der Waals surface area contributed by atoms with Crippen molar-refractivity contribution in [3.05, 3.63) is 71.9 Å². The molecule has 1 aromatic heterocycles. The van der Waals surface area contributed by atoms with Crippen molar-refractivity contribution in [1.82, 2.24) is 5.16 Å².